The first kappa shape index (κ1) is 16.0. The molecule has 2 heteroatoms. The molecule has 0 aromatic carbocycles. The highest BCUT2D eigenvalue weighted by Crippen LogP contribution is 2.33. The largest absolute Gasteiger partial charge is 0.307 e. The molecule has 1 aliphatic rings. The molecular weight excluding hydrogens is 262 g/mol. The Bertz CT molecular complexity index is 373. The van der Waals surface area contributed by atoms with Gasteiger partial charge in [0.2, 0.25) is 0 Å². The second kappa shape index (κ2) is 8.19. The third kappa shape index (κ3) is 4.60. The molecule has 0 fully saturated rings. The number of hydrogen-bond donors (Lipinski definition) is 1. The van der Waals surface area contributed by atoms with Crippen LogP contribution in [0.25, 0.3) is 0 Å². The van der Waals surface area contributed by atoms with Crippen LogP contribution < -0.4 is 5.32 Å². The molecular formula is C18H31NS. The third-order valence-corrected chi connectivity index (χ3v) is 5.89. The van der Waals surface area contributed by atoms with Crippen molar-refractivity contribution >= 4 is 11.3 Å². The van der Waals surface area contributed by atoms with Gasteiger partial charge in [0.1, 0.15) is 0 Å². The minimum absolute atomic E-state index is 0.520. The zero-order chi connectivity index (χ0) is 14.4. The van der Waals surface area contributed by atoms with Crippen molar-refractivity contribution in [3.05, 3.63) is 21.4 Å². The normalized spacial score (nSPS) is 17.8. The average Bonchev–Trinajstić information content (AvgIpc) is 2.87. The molecule has 1 aromatic heterocycles. The van der Waals surface area contributed by atoms with Gasteiger partial charge in [0.15, 0.2) is 0 Å². The summed E-state index contributed by atoms with van der Waals surface area (Å²) < 4.78 is 0. The molecule has 1 aromatic rings. The Labute approximate surface area is 129 Å². The second-order valence-corrected chi connectivity index (χ2v) is 7.61. The fourth-order valence-corrected chi connectivity index (χ4v) is 4.47. The molecule has 0 saturated carbocycles. The topological polar surface area (TPSA) is 12.0 Å². The van der Waals surface area contributed by atoms with Gasteiger partial charge in [-0.25, -0.2) is 0 Å². The molecule has 2 atom stereocenters. The lowest BCUT2D eigenvalue weighted by Gasteiger charge is -2.19. The van der Waals surface area contributed by atoms with Gasteiger partial charge in [0.25, 0.3) is 0 Å². The van der Waals surface area contributed by atoms with Crippen molar-refractivity contribution in [3.63, 3.8) is 0 Å². The Morgan fingerprint density at radius 3 is 2.70 bits per heavy atom. The summed E-state index contributed by atoms with van der Waals surface area (Å²) in [5.74, 6) is 0. The molecule has 114 valence electrons. The van der Waals surface area contributed by atoms with Gasteiger partial charge >= 0.3 is 0 Å². The monoisotopic (exact) mass is 293 g/mol. The fourth-order valence-electron chi connectivity index (χ4n) is 3.20. The lowest BCUT2D eigenvalue weighted by molar-refractivity contribution is 0.441. The van der Waals surface area contributed by atoms with E-state index in [2.05, 4.69) is 43.5 Å². The summed E-state index contributed by atoms with van der Waals surface area (Å²) >= 11 is 2.05. The van der Waals surface area contributed by atoms with E-state index >= 15 is 0 Å². The minimum Gasteiger partial charge on any atom is -0.307 e. The fraction of sp³-hybridized carbons (Fsp3) is 0.778. The first-order valence-electron chi connectivity index (χ1n) is 8.58. The Balaban J connectivity index is 1.78. The second-order valence-electron chi connectivity index (χ2n) is 6.44. The highest BCUT2D eigenvalue weighted by Gasteiger charge is 2.17. The SMILES string of the molecule is CCCCCCC(C)NC(C)c1cc2c(s1)CCCC2. The van der Waals surface area contributed by atoms with E-state index in [1.54, 1.807) is 15.3 Å². The summed E-state index contributed by atoms with van der Waals surface area (Å²) in [6.45, 7) is 6.96. The molecule has 0 amide bonds. The van der Waals surface area contributed by atoms with Crippen LogP contribution in [-0.4, -0.2) is 6.04 Å². The standard InChI is InChI=1S/C18H31NS/c1-4-5-6-7-10-14(2)19-15(3)18-13-16-11-8-9-12-17(16)20-18/h13-15,19H,4-12H2,1-3H3. The maximum absolute atomic E-state index is 3.79. The van der Waals surface area contributed by atoms with Gasteiger partial charge in [0, 0.05) is 21.8 Å². The summed E-state index contributed by atoms with van der Waals surface area (Å²) in [4.78, 5) is 3.22. The molecule has 2 rings (SSSR count). The van der Waals surface area contributed by atoms with Crippen molar-refractivity contribution in [1.29, 1.82) is 0 Å². The Morgan fingerprint density at radius 2 is 1.95 bits per heavy atom. The molecule has 20 heavy (non-hydrogen) atoms. The van der Waals surface area contributed by atoms with Crippen LogP contribution in [0.3, 0.4) is 0 Å². The maximum atomic E-state index is 3.79. The van der Waals surface area contributed by atoms with Crippen LogP contribution in [0.2, 0.25) is 0 Å². The Morgan fingerprint density at radius 1 is 1.15 bits per heavy atom. The summed E-state index contributed by atoms with van der Waals surface area (Å²) in [7, 11) is 0. The molecule has 1 heterocycles. The smallest absolute Gasteiger partial charge is 0.0388 e. The zero-order valence-electron chi connectivity index (χ0n) is 13.5. The first-order valence-corrected chi connectivity index (χ1v) is 9.40. The zero-order valence-corrected chi connectivity index (χ0v) is 14.3. The summed E-state index contributed by atoms with van der Waals surface area (Å²) in [6.07, 6.45) is 12.2. The number of aryl methyl sites for hydroxylation is 2. The maximum Gasteiger partial charge on any atom is 0.0388 e. The lowest BCUT2D eigenvalue weighted by atomic mass is 9.99. The Kier molecular flexibility index (Phi) is 6.57. The van der Waals surface area contributed by atoms with E-state index in [1.807, 2.05) is 0 Å². The van der Waals surface area contributed by atoms with Gasteiger partial charge in [-0.1, -0.05) is 32.6 Å². The number of hydrogen-bond acceptors (Lipinski definition) is 2. The summed E-state index contributed by atoms with van der Waals surface area (Å²) in [6, 6.07) is 3.63. The Hall–Kier alpha value is -0.340. The molecule has 0 aliphatic heterocycles. The van der Waals surface area contributed by atoms with Gasteiger partial charge in [-0.05, 0) is 57.6 Å². The van der Waals surface area contributed by atoms with Crippen molar-refractivity contribution < 1.29 is 0 Å². The van der Waals surface area contributed by atoms with E-state index in [9.17, 15) is 0 Å². The number of thiophene rings is 1. The van der Waals surface area contributed by atoms with E-state index in [4.69, 9.17) is 0 Å². The molecule has 1 N–H and O–H groups in total. The molecule has 1 aliphatic carbocycles. The van der Waals surface area contributed by atoms with E-state index in [1.165, 1.54) is 57.8 Å². The van der Waals surface area contributed by atoms with Crippen LogP contribution in [0, 0.1) is 0 Å². The predicted molar refractivity (Wildman–Crippen MR) is 90.7 cm³/mol. The predicted octanol–water partition coefficient (Wildman–Crippen LogP) is 5.64. The average molecular weight is 294 g/mol. The highest BCUT2D eigenvalue weighted by molar-refractivity contribution is 7.12. The molecule has 2 unspecified atom stereocenters. The van der Waals surface area contributed by atoms with Crippen molar-refractivity contribution in [2.75, 3.05) is 0 Å². The van der Waals surface area contributed by atoms with Crippen LogP contribution >= 0.6 is 11.3 Å². The summed E-state index contributed by atoms with van der Waals surface area (Å²) in [5.41, 5.74) is 1.64. The van der Waals surface area contributed by atoms with Crippen LogP contribution in [-0.2, 0) is 12.8 Å². The first-order chi connectivity index (χ1) is 9.70. The minimum atomic E-state index is 0.520. The van der Waals surface area contributed by atoms with E-state index in [0.29, 0.717) is 12.1 Å². The van der Waals surface area contributed by atoms with Gasteiger partial charge in [-0.3, -0.25) is 0 Å². The number of unbranched alkanes of at least 4 members (excludes halogenated alkanes) is 3. The molecule has 1 nitrogen and oxygen atoms in total. The van der Waals surface area contributed by atoms with Crippen LogP contribution in [0.5, 0.6) is 0 Å². The van der Waals surface area contributed by atoms with E-state index in [-0.39, 0.29) is 0 Å². The molecule has 0 bridgehead atoms. The molecule has 0 radical (unpaired) electrons. The van der Waals surface area contributed by atoms with E-state index < -0.39 is 0 Å². The number of fused-ring (bicyclic) bond motifs is 1. The van der Waals surface area contributed by atoms with Gasteiger partial charge in [-0.2, -0.15) is 0 Å². The van der Waals surface area contributed by atoms with Crippen molar-refractivity contribution in [1.82, 2.24) is 5.32 Å². The number of rotatable bonds is 8. The van der Waals surface area contributed by atoms with Crippen LogP contribution in [0.4, 0.5) is 0 Å². The summed E-state index contributed by atoms with van der Waals surface area (Å²) in [5, 5.41) is 3.79. The quantitative estimate of drug-likeness (QED) is 0.612. The number of nitrogens with one attached hydrogen (secondary N) is 1. The van der Waals surface area contributed by atoms with E-state index in [0.717, 1.165) is 0 Å². The molecule has 0 saturated heterocycles. The van der Waals surface area contributed by atoms with Crippen molar-refractivity contribution in [2.45, 2.75) is 90.6 Å². The van der Waals surface area contributed by atoms with Gasteiger partial charge in [-0.15, -0.1) is 11.3 Å². The van der Waals surface area contributed by atoms with Crippen molar-refractivity contribution in [3.8, 4) is 0 Å². The van der Waals surface area contributed by atoms with Gasteiger partial charge in [0.05, 0.1) is 0 Å². The third-order valence-electron chi connectivity index (χ3n) is 4.47. The van der Waals surface area contributed by atoms with Crippen LogP contribution in [0.15, 0.2) is 6.07 Å². The molecule has 0 spiro atoms. The lowest BCUT2D eigenvalue weighted by Crippen LogP contribution is -2.28. The van der Waals surface area contributed by atoms with Crippen molar-refractivity contribution in [2.24, 2.45) is 0 Å². The highest BCUT2D eigenvalue weighted by atomic mass is 32.1. The van der Waals surface area contributed by atoms with Crippen LogP contribution in [0.1, 0.15) is 87.1 Å². The van der Waals surface area contributed by atoms with Gasteiger partial charge < -0.3 is 5.32 Å².